The summed E-state index contributed by atoms with van der Waals surface area (Å²) in [6.45, 7) is 7.09. The van der Waals surface area contributed by atoms with Gasteiger partial charge in [0, 0.05) is 6.54 Å². The van der Waals surface area contributed by atoms with Crippen molar-refractivity contribution in [3.8, 4) is 0 Å². The fourth-order valence-electron chi connectivity index (χ4n) is 1.63. The van der Waals surface area contributed by atoms with Gasteiger partial charge in [-0.3, -0.25) is 4.79 Å². The van der Waals surface area contributed by atoms with Crippen molar-refractivity contribution < 1.29 is 19.8 Å². The Balaban J connectivity index is 4.19. The molecule has 100 valence electrons. The van der Waals surface area contributed by atoms with Gasteiger partial charge < -0.3 is 20.8 Å². The zero-order valence-corrected chi connectivity index (χ0v) is 10.8. The number of urea groups is 1. The Bertz CT molecular complexity index is 271. The van der Waals surface area contributed by atoms with Crippen LogP contribution >= 0.6 is 0 Å². The molecule has 6 heteroatoms. The van der Waals surface area contributed by atoms with Crippen molar-refractivity contribution in [3.05, 3.63) is 0 Å². The number of nitrogens with one attached hydrogen (secondary N) is 2. The monoisotopic (exact) mass is 246 g/mol. The minimum absolute atomic E-state index is 0.0673. The van der Waals surface area contributed by atoms with E-state index in [1.165, 1.54) is 0 Å². The third-order valence-electron chi connectivity index (χ3n) is 2.34. The lowest BCUT2D eigenvalue weighted by molar-refractivity contribution is -0.136. The fourth-order valence-corrected chi connectivity index (χ4v) is 1.63. The zero-order valence-electron chi connectivity index (χ0n) is 10.8. The summed E-state index contributed by atoms with van der Waals surface area (Å²) in [5.74, 6) is -0.895. The molecule has 0 aromatic carbocycles. The van der Waals surface area contributed by atoms with Gasteiger partial charge in [0.05, 0.1) is 18.1 Å². The Labute approximate surface area is 101 Å². The second-order valence-electron chi connectivity index (χ2n) is 4.92. The Kier molecular flexibility index (Phi) is 5.95. The minimum Gasteiger partial charge on any atom is -0.481 e. The number of aliphatic hydroxyl groups is 1. The molecule has 0 aliphatic heterocycles. The van der Waals surface area contributed by atoms with Gasteiger partial charge in [-0.05, 0) is 19.8 Å². The molecule has 0 aliphatic carbocycles. The molecule has 0 heterocycles. The number of rotatable bonds is 6. The summed E-state index contributed by atoms with van der Waals surface area (Å²) >= 11 is 0. The maximum Gasteiger partial charge on any atom is 0.315 e. The highest BCUT2D eigenvalue weighted by molar-refractivity contribution is 5.75. The van der Waals surface area contributed by atoms with Crippen molar-refractivity contribution >= 4 is 12.0 Å². The molecule has 0 bridgehead atoms. The lowest BCUT2D eigenvalue weighted by Crippen LogP contribution is -2.54. The highest BCUT2D eigenvalue weighted by Crippen LogP contribution is 2.16. The summed E-state index contributed by atoms with van der Waals surface area (Å²) in [6, 6.07) is -0.862. The average Bonchev–Trinajstić information content (AvgIpc) is 2.11. The normalized spacial score (nSPS) is 13.3. The van der Waals surface area contributed by atoms with Gasteiger partial charge in [0.15, 0.2) is 0 Å². The van der Waals surface area contributed by atoms with Crippen LogP contribution in [-0.2, 0) is 4.79 Å². The van der Waals surface area contributed by atoms with Gasteiger partial charge in [0.25, 0.3) is 0 Å². The van der Waals surface area contributed by atoms with Crippen LogP contribution in [0.4, 0.5) is 4.79 Å². The molecule has 0 aromatic rings. The predicted molar refractivity (Wildman–Crippen MR) is 63.7 cm³/mol. The first-order valence-corrected chi connectivity index (χ1v) is 5.63. The van der Waals surface area contributed by atoms with E-state index in [0.29, 0.717) is 0 Å². The van der Waals surface area contributed by atoms with E-state index in [2.05, 4.69) is 10.6 Å². The minimum atomic E-state index is -1.03. The molecule has 0 radical (unpaired) electrons. The molecule has 0 saturated carbocycles. The summed E-state index contributed by atoms with van der Waals surface area (Å²) in [6.07, 6.45) is -0.123. The molecular formula is C11H22N2O4. The second-order valence-corrected chi connectivity index (χ2v) is 4.92. The molecule has 0 fully saturated rings. The van der Waals surface area contributed by atoms with Crippen molar-refractivity contribution in [3.63, 3.8) is 0 Å². The first kappa shape index (κ1) is 15.7. The molecule has 6 nitrogen and oxygen atoms in total. The summed E-state index contributed by atoms with van der Waals surface area (Å²) in [5, 5.41) is 23.4. The first-order valence-electron chi connectivity index (χ1n) is 5.63. The van der Waals surface area contributed by atoms with Crippen LogP contribution in [0.5, 0.6) is 0 Å². The Hall–Kier alpha value is -1.30. The zero-order chi connectivity index (χ0) is 13.6. The van der Waals surface area contributed by atoms with Gasteiger partial charge in [0.2, 0.25) is 0 Å². The molecule has 0 rings (SSSR count). The van der Waals surface area contributed by atoms with E-state index in [1.54, 1.807) is 13.8 Å². The van der Waals surface area contributed by atoms with Crippen LogP contribution in [0, 0.1) is 5.92 Å². The number of carboxylic acid groups (broad SMARTS) is 1. The van der Waals surface area contributed by atoms with E-state index in [1.807, 2.05) is 13.8 Å². The summed E-state index contributed by atoms with van der Waals surface area (Å²) in [4.78, 5) is 21.7. The molecule has 0 spiro atoms. The molecule has 0 unspecified atom stereocenters. The van der Waals surface area contributed by atoms with Crippen molar-refractivity contribution in [2.45, 2.75) is 45.8 Å². The SMILES string of the molecule is CC(C)[C@H](NC(=O)NCCC(=O)O)C(C)(C)O. The Morgan fingerprint density at radius 1 is 1.29 bits per heavy atom. The lowest BCUT2D eigenvalue weighted by atomic mass is 9.89. The number of carbonyl (C=O) groups excluding carboxylic acids is 1. The van der Waals surface area contributed by atoms with Gasteiger partial charge >= 0.3 is 12.0 Å². The Morgan fingerprint density at radius 3 is 2.18 bits per heavy atom. The molecule has 0 saturated heterocycles. The van der Waals surface area contributed by atoms with E-state index in [0.717, 1.165) is 0 Å². The van der Waals surface area contributed by atoms with Crippen molar-refractivity contribution in [1.29, 1.82) is 0 Å². The maximum atomic E-state index is 11.5. The third kappa shape index (κ3) is 6.78. The molecular weight excluding hydrogens is 224 g/mol. The van der Waals surface area contributed by atoms with Gasteiger partial charge in [-0.15, -0.1) is 0 Å². The summed E-state index contributed by atoms with van der Waals surface area (Å²) in [5.41, 5.74) is -1.03. The summed E-state index contributed by atoms with van der Waals surface area (Å²) in [7, 11) is 0. The van der Waals surface area contributed by atoms with Crippen LogP contribution < -0.4 is 10.6 Å². The van der Waals surface area contributed by atoms with E-state index >= 15 is 0 Å². The molecule has 0 aliphatic rings. The predicted octanol–water partition coefficient (Wildman–Crippen LogP) is 0.556. The van der Waals surface area contributed by atoms with Crippen LogP contribution in [0.1, 0.15) is 34.1 Å². The number of hydrogen-bond acceptors (Lipinski definition) is 3. The largest absolute Gasteiger partial charge is 0.481 e. The molecule has 2 amide bonds. The first-order chi connectivity index (χ1) is 7.64. The van der Waals surface area contributed by atoms with E-state index < -0.39 is 23.6 Å². The molecule has 4 N–H and O–H groups in total. The van der Waals surface area contributed by atoms with Crippen LogP contribution in [0.25, 0.3) is 0 Å². The third-order valence-corrected chi connectivity index (χ3v) is 2.34. The van der Waals surface area contributed by atoms with Gasteiger partial charge in [-0.1, -0.05) is 13.8 Å². The van der Waals surface area contributed by atoms with Crippen LogP contribution in [0.3, 0.4) is 0 Å². The van der Waals surface area contributed by atoms with Crippen molar-refractivity contribution in [1.82, 2.24) is 10.6 Å². The van der Waals surface area contributed by atoms with Crippen LogP contribution in [0.15, 0.2) is 0 Å². The summed E-state index contributed by atoms with van der Waals surface area (Å²) < 4.78 is 0. The number of aliphatic carboxylic acids is 1. The lowest BCUT2D eigenvalue weighted by Gasteiger charge is -2.33. The van der Waals surface area contributed by atoms with E-state index in [-0.39, 0.29) is 18.9 Å². The van der Waals surface area contributed by atoms with Gasteiger partial charge in [-0.2, -0.15) is 0 Å². The average molecular weight is 246 g/mol. The van der Waals surface area contributed by atoms with Crippen molar-refractivity contribution in [2.24, 2.45) is 5.92 Å². The highest BCUT2D eigenvalue weighted by Gasteiger charge is 2.30. The van der Waals surface area contributed by atoms with Gasteiger partial charge in [0.1, 0.15) is 0 Å². The molecule has 1 atom stereocenters. The number of hydrogen-bond donors (Lipinski definition) is 4. The smallest absolute Gasteiger partial charge is 0.315 e. The maximum absolute atomic E-state index is 11.5. The molecule has 17 heavy (non-hydrogen) atoms. The van der Waals surface area contributed by atoms with E-state index in [9.17, 15) is 14.7 Å². The number of carboxylic acids is 1. The van der Waals surface area contributed by atoms with E-state index in [4.69, 9.17) is 5.11 Å². The fraction of sp³-hybridized carbons (Fsp3) is 0.818. The number of carbonyl (C=O) groups is 2. The standard InChI is InChI=1S/C11H22N2O4/c1-7(2)9(11(3,4)17)13-10(16)12-6-5-8(14)15/h7,9,17H,5-6H2,1-4H3,(H,14,15)(H2,12,13,16)/t9-/m0/s1. The number of amides is 2. The van der Waals surface area contributed by atoms with Crippen LogP contribution in [-0.4, -0.2) is 40.4 Å². The van der Waals surface area contributed by atoms with Crippen molar-refractivity contribution in [2.75, 3.05) is 6.54 Å². The van der Waals surface area contributed by atoms with Gasteiger partial charge in [-0.25, -0.2) is 4.79 Å². The topological polar surface area (TPSA) is 98.7 Å². The highest BCUT2D eigenvalue weighted by atomic mass is 16.4. The Morgan fingerprint density at radius 2 is 1.82 bits per heavy atom. The molecule has 0 aromatic heterocycles. The quantitative estimate of drug-likeness (QED) is 0.550. The second kappa shape index (κ2) is 6.44. The van der Waals surface area contributed by atoms with Crippen LogP contribution in [0.2, 0.25) is 0 Å².